The Bertz CT molecular complexity index is 636. The predicted octanol–water partition coefficient (Wildman–Crippen LogP) is 5.67. The first-order valence-corrected chi connectivity index (χ1v) is 7.20. The van der Waals surface area contributed by atoms with Gasteiger partial charge in [0.2, 0.25) is 0 Å². The second kappa shape index (κ2) is 4.96. The third-order valence-corrected chi connectivity index (χ3v) is 4.30. The minimum atomic E-state index is -0.117. The lowest BCUT2D eigenvalue weighted by atomic mass is 9.73. The lowest BCUT2D eigenvalue weighted by molar-refractivity contribution is 0.539. The van der Waals surface area contributed by atoms with E-state index in [0.29, 0.717) is 5.03 Å². The van der Waals surface area contributed by atoms with E-state index in [1.54, 1.807) is 0 Å². The Morgan fingerprint density at radius 1 is 1.00 bits per heavy atom. The summed E-state index contributed by atoms with van der Waals surface area (Å²) in [6.45, 7) is 7.87. The molecule has 0 saturated carbocycles. The first-order valence-electron chi connectivity index (χ1n) is 6.82. The molecule has 0 heterocycles. The normalized spacial score (nSPS) is 14.4. The van der Waals surface area contributed by atoms with E-state index in [1.807, 2.05) is 6.08 Å². The van der Waals surface area contributed by atoms with Gasteiger partial charge in [-0.1, -0.05) is 72.8 Å². The summed E-state index contributed by atoms with van der Waals surface area (Å²) in [6, 6.07) is 17.2. The molecular formula is C19H17Cl. The number of rotatable bonds is 4. The quantitative estimate of drug-likeness (QED) is 0.633. The zero-order valence-electron chi connectivity index (χ0n) is 11.4. The van der Waals surface area contributed by atoms with Crippen LogP contribution in [0.15, 0.2) is 72.8 Å². The summed E-state index contributed by atoms with van der Waals surface area (Å²) < 4.78 is 0. The highest BCUT2D eigenvalue weighted by atomic mass is 35.5. The van der Waals surface area contributed by atoms with Crippen LogP contribution in [0.2, 0.25) is 0 Å². The van der Waals surface area contributed by atoms with E-state index in [2.05, 4.69) is 61.7 Å². The predicted molar refractivity (Wildman–Crippen MR) is 87.1 cm³/mol. The Kier molecular flexibility index (Phi) is 3.27. The van der Waals surface area contributed by atoms with Crippen LogP contribution in [0.3, 0.4) is 0 Å². The number of allylic oxidation sites excluding steroid dienone is 2. The van der Waals surface area contributed by atoms with Crippen LogP contribution in [0.25, 0.3) is 11.1 Å². The smallest absolute Gasteiger partial charge is 0.0298 e. The molecule has 3 rings (SSSR count). The number of benzene rings is 2. The van der Waals surface area contributed by atoms with Gasteiger partial charge in [0.15, 0.2) is 0 Å². The van der Waals surface area contributed by atoms with Gasteiger partial charge in [-0.05, 0) is 35.1 Å². The molecule has 0 atom stereocenters. The third-order valence-electron chi connectivity index (χ3n) is 4.16. The van der Waals surface area contributed by atoms with E-state index in [1.165, 1.54) is 22.3 Å². The van der Waals surface area contributed by atoms with E-state index in [4.69, 9.17) is 11.6 Å². The highest BCUT2D eigenvalue weighted by Crippen LogP contribution is 2.53. The molecule has 0 saturated heterocycles. The number of hydrogen-bond donors (Lipinski definition) is 0. The van der Waals surface area contributed by atoms with Crippen molar-refractivity contribution in [3.63, 3.8) is 0 Å². The molecule has 0 aromatic heterocycles. The monoisotopic (exact) mass is 280 g/mol. The van der Waals surface area contributed by atoms with Crippen LogP contribution in [-0.4, -0.2) is 0 Å². The molecular weight excluding hydrogens is 264 g/mol. The van der Waals surface area contributed by atoms with Crippen molar-refractivity contribution >= 4 is 11.6 Å². The van der Waals surface area contributed by atoms with Gasteiger partial charge in [0.05, 0.1) is 0 Å². The molecule has 1 heteroatoms. The Morgan fingerprint density at radius 2 is 1.50 bits per heavy atom. The zero-order valence-corrected chi connectivity index (χ0v) is 12.2. The lowest BCUT2D eigenvalue weighted by Crippen LogP contribution is -2.24. The Labute approximate surface area is 125 Å². The van der Waals surface area contributed by atoms with Gasteiger partial charge >= 0.3 is 0 Å². The molecule has 0 aliphatic heterocycles. The summed E-state index contributed by atoms with van der Waals surface area (Å²) in [5.74, 6) is 0. The van der Waals surface area contributed by atoms with Gasteiger partial charge in [-0.3, -0.25) is 0 Å². The standard InChI is InChI=1S/C19H17Cl/c1-3-12-19(13-14(2)20)17-10-6-4-8-15(17)16-9-5-7-11-18(16)19/h3-11H,1-2,12-13H2. The van der Waals surface area contributed by atoms with Crippen LogP contribution >= 0.6 is 11.6 Å². The van der Waals surface area contributed by atoms with Gasteiger partial charge in [-0.25, -0.2) is 0 Å². The molecule has 0 spiro atoms. The molecule has 0 radical (unpaired) electrons. The van der Waals surface area contributed by atoms with Gasteiger partial charge in [-0.15, -0.1) is 6.58 Å². The van der Waals surface area contributed by atoms with Gasteiger partial charge in [-0.2, -0.15) is 0 Å². The molecule has 100 valence electrons. The third kappa shape index (κ3) is 1.83. The Morgan fingerprint density at radius 3 is 1.95 bits per heavy atom. The molecule has 20 heavy (non-hydrogen) atoms. The largest absolute Gasteiger partial charge is 0.103 e. The van der Waals surface area contributed by atoms with E-state index in [9.17, 15) is 0 Å². The summed E-state index contributed by atoms with van der Waals surface area (Å²) in [6.07, 6.45) is 3.60. The molecule has 0 nitrogen and oxygen atoms in total. The van der Waals surface area contributed by atoms with Crippen molar-refractivity contribution in [3.05, 3.63) is 83.9 Å². The minimum Gasteiger partial charge on any atom is -0.103 e. The summed E-state index contributed by atoms with van der Waals surface area (Å²) in [5, 5.41) is 0.693. The van der Waals surface area contributed by atoms with E-state index in [-0.39, 0.29) is 5.41 Å². The fourth-order valence-corrected chi connectivity index (χ4v) is 3.70. The molecule has 0 amide bonds. The summed E-state index contributed by atoms with van der Waals surface area (Å²) in [5.41, 5.74) is 5.17. The van der Waals surface area contributed by atoms with Crippen molar-refractivity contribution in [2.24, 2.45) is 0 Å². The van der Waals surface area contributed by atoms with Gasteiger partial charge in [0.25, 0.3) is 0 Å². The minimum absolute atomic E-state index is 0.117. The number of halogens is 1. The van der Waals surface area contributed by atoms with Gasteiger partial charge in [0.1, 0.15) is 0 Å². The fraction of sp³-hybridized carbons (Fsp3) is 0.158. The molecule has 0 N–H and O–H groups in total. The van der Waals surface area contributed by atoms with E-state index < -0.39 is 0 Å². The topological polar surface area (TPSA) is 0 Å². The second-order valence-electron chi connectivity index (χ2n) is 5.36. The lowest BCUT2D eigenvalue weighted by Gasteiger charge is -2.31. The summed E-state index contributed by atoms with van der Waals surface area (Å²) >= 11 is 6.19. The average molecular weight is 281 g/mol. The molecule has 2 aromatic carbocycles. The Hall–Kier alpha value is -1.79. The second-order valence-corrected chi connectivity index (χ2v) is 5.89. The van der Waals surface area contributed by atoms with E-state index >= 15 is 0 Å². The number of hydrogen-bond acceptors (Lipinski definition) is 0. The van der Waals surface area contributed by atoms with Crippen molar-refractivity contribution in [1.82, 2.24) is 0 Å². The van der Waals surface area contributed by atoms with E-state index in [0.717, 1.165) is 12.8 Å². The van der Waals surface area contributed by atoms with Crippen LogP contribution in [0.1, 0.15) is 24.0 Å². The summed E-state index contributed by atoms with van der Waals surface area (Å²) in [7, 11) is 0. The molecule has 2 aromatic rings. The van der Waals surface area contributed by atoms with Gasteiger partial charge < -0.3 is 0 Å². The maximum Gasteiger partial charge on any atom is 0.0298 e. The highest BCUT2D eigenvalue weighted by molar-refractivity contribution is 6.29. The first kappa shape index (κ1) is 13.2. The van der Waals surface area contributed by atoms with Crippen molar-refractivity contribution in [1.29, 1.82) is 0 Å². The molecule has 0 fully saturated rings. The maximum atomic E-state index is 6.19. The first-order chi connectivity index (χ1) is 9.69. The van der Waals surface area contributed by atoms with Crippen molar-refractivity contribution < 1.29 is 0 Å². The summed E-state index contributed by atoms with van der Waals surface area (Å²) in [4.78, 5) is 0. The van der Waals surface area contributed by atoms with Crippen LogP contribution in [-0.2, 0) is 5.41 Å². The van der Waals surface area contributed by atoms with Crippen LogP contribution < -0.4 is 0 Å². The van der Waals surface area contributed by atoms with Gasteiger partial charge in [0, 0.05) is 10.4 Å². The molecule has 0 bridgehead atoms. The fourth-order valence-electron chi connectivity index (χ4n) is 3.47. The van der Waals surface area contributed by atoms with Crippen molar-refractivity contribution in [2.75, 3.05) is 0 Å². The van der Waals surface area contributed by atoms with Crippen LogP contribution in [0.4, 0.5) is 0 Å². The zero-order chi connectivity index (χ0) is 14.2. The number of fused-ring (bicyclic) bond motifs is 3. The average Bonchev–Trinajstić information content (AvgIpc) is 2.71. The van der Waals surface area contributed by atoms with Crippen LogP contribution in [0.5, 0.6) is 0 Å². The molecule has 0 unspecified atom stereocenters. The Balaban J connectivity index is 2.32. The highest BCUT2D eigenvalue weighted by Gasteiger charge is 2.41. The van der Waals surface area contributed by atoms with Crippen molar-refractivity contribution in [2.45, 2.75) is 18.3 Å². The SMILES string of the molecule is C=CCC1(CC(=C)Cl)c2ccccc2-c2ccccc21. The molecule has 1 aliphatic carbocycles. The maximum absolute atomic E-state index is 6.19. The molecule has 1 aliphatic rings. The van der Waals surface area contributed by atoms with Crippen LogP contribution in [0, 0.1) is 0 Å². The van der Waals surface area contributed by atoms with Crippen molar-refractivity contribution in [3.8, 4) is 11.1 Å².